The van der Waals surface area contributed by atoms with Gasteiger partial charge in [-0.15, -0.1) is 0 Å². The van der Waals surface area contributed by atoms with Crippen LogP contribution in [0.2, 0.25) is 0 Å². The summed E-state index contributed by atoms with van der Waals surface area (Å²) in [6.45, 7) is 6.17. The molecule has 2 rings (SSSR count). The average Bonchev–Trinajstić information content (AvgIpc) is 3.12. The molecule has 1 amide bonds. The highest BCUT2D eigenvalue weighted by Gasteiger charge is 2.68. The van der Waals surface area contributed by atoms with E-state index in [0.29, 0.717) is 19.6 Å². The molecule has 3 unspecified atom stereocenters. The fourth-order valence-corrected chi connectivity index (χ4v) is 2.68. The van der Waals surface area contributed by atoms with Crippen molar-refractivity contribution in [1.82, 2.24) is 4.90 Å². The number of nitrogens with zero attached hydrogens (tertiary/aromatic N) is 1. The molecule has 116 valence electrons. The molecule has 2 aliphatic heterocycles. The van der Waals surface area contributed by atoms with Crippen molar-refractivity contribution in [3.63, 3.8) is 0 Å². The van der Waals surface area contributed by atoms with E-state index in [2.05, 4.69) is 13.8 Å². The molecule has 2 saturated heterocycles. The summed E-state index contributed by atoms with van der Waals surface area (Å²) in [6.07, 6.45) is 4.60. The lowest BCUT2D eigenvalue weighted by Crippen LogP contribution is -2.55. The smallest absolute Gasteiger partial charge is 0.225 e. The fraction of sp³-hybridized carbons (Fsp3) is 0.933. The number of hydrogen-bond acceptors (Lipinski definition) is 4. The van der Waals surface area contributed by atoms with Crippen LogP contribution in [0.1, 0.15) is 46.0 Å². The van der Waals surface area contributed by atoms with Crippen LogP contribution in [0.3, 0.4) is 0 Å². The Labute approximate surface area is 121 Å². The quantitative estimate of drug-likeness (QED) is 0.480. The van der Waals surface area contributed by atoms with E-state index in [1.54, 1.807) is 4.90 Å². The molecule has 0 aromatic heterocycles. The van der Waals surface area contributed by atoms with Crippen LogP contribution in [-0.4, -0.2) is 55.6 Å². The van der Waals surface area contributed by atoms with Crippen LogP contribution in [0.5, 0.6) is 0 Å². The Morgan fingerprint density at radius 3 is 2.70 bits per heavy atom. The van der Waals surface area contributed by atoms with E-state index < -0.39 is 5.79 Å². The normalized spacial score (nSPS) is 32.4. The first-order valence-electron chi connectivity index (χ1n) is 7.80. The van der Waals surface area contributed by atoms with E-state index in [9.17, 15) is 4.79 Å². The molecule has 20 heavy (non-hydrogen) atoms. The Balaban J connectivity index is 1.92. The zero-order valence-corrected chi connectivity index (χ0v) is 12.9. The largest absolute Gasteiger partial charge is 0.379 e. The van der Waals surface area contributed by atoms with Crippen LogP contribution in [0.15, 0.2) is 0 Å². The van der Waals surface area contributed by atoms with Gasteiger partial charge in [-0.25, -0.2) is 0 Å². The van der Waals surface area contributed by atoms with Crippen molar-refractivity contribution in [1.29, 1.82) is 0 Å². The molecule has 0 aliphatic carbocycles. The summed E-state index contributed by atoms with van der Waals surface area (Å²) >= 11 is 0. The maximum Gasteiger partial charge on any atom is 0.225 e. The number of likely N-dealkylation sites (N-methyl/N-ethyl adjacent to an activating group) is 1. The number of amides is 1. The van der Waals surface area contributed by atoms with Gasteiger partial charge in [-0.05, 0) is 12.8 Å². The first-order valence-corrected chi connectivity index (χ1v) is 7.80. The molecule has 5 heteroatoms. The number of piperidine rings is 1. The Kier molecular flexibility index (Phi) is 5.41. The molecule has 3 atom stereocenters. The van der Waals surface area contributed by atoms with Crippen molar-refractivity contribution >= 4 is 5.91 Å². The Morgan fingerprint density at radius 1 is 1.30 bits per heavy atom. The highest BCUT2D eigenvalue weighted by molar-refractivity contribution is 5.79. The van der Waals surface area contributed by atoms with Crippen molar-refractivity contribution in [2.24, 2.45) is 0 Å². The fourth-order valence-electron chi connectivity index (χ4n) is 2.68. The summed E-state index contributed by atoms with van der Waals surface area (Å²) in [5.41, 5.74) is 0. The molecule has 0 bridgehead atoms. The third-order valence-electron chi connectivity index (χ3n) is 4.15. The van der Waals surface area contributed by atoms with Gasteiger partial charge in [-0.1, -0.05) is 26.7 Å². The highest BCUT2D eigenvalue weighted by Crippen LogP contribution is 2.48. The molecule has 2 heterocycles. The van der Waals surface area contributed by atoms with Crippen LogP contribution in [0.25, 0.3) is 0 Å². The maximum atomic E-state index is 11.9. The van der Waals surface area contributed by atoms with Gasteiger partial charge in [-0.2, -0.15) is 0 Å². The Bertz CT molecular complexity index is 336. The molecule has 0 radical (unpaired) electrons. The van der Waals surface area contributed by atoms with Gasteiger partial charge in [0.1, 0.15) is 12.1 Å². The van der Waals surface area contributed by atoms with Gasteiger partial charge < -0.3 is 19.1 Å². The lowest BCUT2D eigenvalue weighted by Gasteiger charge is -2.35. The molecule has 5 nitrogen and oxygen atoms in total. The minimum atomic E-state index is -0.607. The van der Waals surface area contributed by atoms with E-state index in [-0.39, 0.29) is 18.1 Å². The standard InChI is InChI=1S/C15H27NO4/c1-4-6-8-18-11-12-15(19-9-7-5-2)13(20-15)10-14(17)16(12)3/h12-13H,4-11H2,1-3H3. The van der Waals surface area contributed by atoms with Crippen molar-refractivity contribution < 1.29 is 19.0 Å². The topological polar surface area (TPSA) is 51.3 Å². The molecule has 0 spiro atoms. The number of epoxide rings is 1. The van der Waals surface area contributed by atoms with Crippen LogP contribution in [0.4, 0.5) is 0 Å². The van der Waals surface area contributed by atoms with Gasteiger partial charge in [-0.3, -0.25) is 4.79 Å². The van der Waals surface area contributed by atoms with Gasteiger partial charge in [0.2, 0.25) is 11.7 Å². The molecule has 2 fully saturated rings. The van der Waals surface area contributed by atoms with E-state index >= 15 is 0 Å². The van der Waals surface area contributed by atoms with E-state index in [1.165, 1.54) is 0 Å². The summed E-state index contributed by atoms with van der Waals surface area (Å²) in [6, 6.07) is -0.123. The van der Waals surface area contributed by atoms with Crippen LogP contribution in [0, 0.1) is 0 Å². The second kappa shape index (κ2) is 6.87. The summed E-state index contributed by atoms with van der Waals surface area (Å²) in [5.74, 6) is -0.490. The lowest BCUT2D eigenvalue weighted by molar-refractivity contribution is -0.153. The van der Waals surface area contributed by atoms with Gasteiger partial charge >= 0.3 is 0 Å². The predicted molar refractivity (Wildman–Crippen MR) is 75.4 cm³/mol. The Hall–Kier alpha value is -0.650. The third-order valence-corrected chi connectivity index (χ3v) is 4.15. The molecule has 0 N–H and O–H groups in total. The first kappa shape index (κ1) is 15.7. The number of unbranched alkanes of at least 4 members (excludes halogenated alkanes) is 2. The lowest BCUT2D eigenvalue weighted by atomic mass is 9.99. The van der Waals surface area contributed by atoms with Gasteiger partial charge in [0, 0.05) is 13.7 Å². The minimum absolute atomic E-state index is 0.0807. The number of rotatable bonds is 9. The maximum absolute atomic E-state index is 11.9. The summed E-state index contributed by atoms with van der Waals surface area (Å²) in [7, 11) is 1.82. The van der Waals surface area contributed by atoms with Crippen molar-refractivity contribution in [2.75, 3.05) is 26.9 Å². The van der Waals surface area contributed by atoms with Crippen molar-refractivity contribution in [3.8, 4) is 0 Å². The van der Waals surface area contributed by atoms with E-state index in [1.807, 2.05) is 7.05 Å². The zero-order chi connectivity index (χ0) is 14.6. The van der Waals surface area contributed by atoms with Gasteiger partial charge in [0.15, 0.2) is 0 Å². The molecular formula is C15H27NO4. The number of carbonyl (C=O) groups is 1. The minimum Gasteiger partial charge on any atom is -0.379 e. The van der Waals surface area contributed by atoms with Crippen molar-refractivity contribution in [3.05, 3.63) is 0 Å². The number of hydrogen-bond donors (Lipinski definition) is 0. The number of ether oxygens (including phenoxy) is 3. The molecular weight excluding hydrogens is 258 g/mol. The predicted octanol–water partition coefficient (Wildman–Crippen LogP) is 1.95. The second-order valence-corrected chi connectivity index (χ2v) is 5.68. The van der Waals surface area contributed by atoms with Gasteiger partial charge in [0.05, 0.1) is 19.6 Å². The highest BCUT2D eigenvalue weighted by atomic mass is 16.8. The van der Waals surface area contributed by atoms with E-state index in [4.69, 9.17) is 14.2 Å². The molecule has 2 aliphatic rings. The van der Waals surface area contributed by atoms with E-state index in [0.717, 1.165) is 32.3 Å². The summed E-state index contributed by atoms with van der Waals surface area (Å²) in [4.78, 5) is 13.7. The average molecular weight is 285 g/mol. The number of carbonyl (C=O) groups excluding carboxylic acids is 1. The molecule has 0 saturated carbocycles. The monoisotopic (exact) mass is 285 g/mol. The van der Waals surface area contributed by atoms with Crippen LogP contribution < -0.4 is 0 Å². The molecule has 0 aromatic carbocycles. The summed E-state index contributed by atoms with van der Waals surface area (Å²) in [5, 5.41) is 0. The molecule has 0 aromatic rings. The van der Waals surface area contributed by atoms with Crippen LogP contribution >= 0.6 is 0 Å². The second-order valence-electron chi connectivity index (χ2n) is 5.68. The SMILES string of the molecule is CCCCOCC1N(C)C(=O)CC2OC21OCCCC. The number of fused-ring (bicyclic) bond motifs is 1. The number of likely N-dealkylation sites (tertiary alicyclic amines) is 1. The van der Waals surface area contributed by atoms with Gasteiger partial charge in [0.25, 0.3) is 0 Å². The first-order chi connectivity index (χ1) is 9.65. The summed E-state index contributed by atoms with van der Waals surface area (Å²) < 4.78 is 17.4. The Morgan fingerprint density at radius 2 is 2.00 bits per heavy atom. The third kappa shape index (κ3) is 3.15. The zero-order valence-electron chi connectivity index (χ0n) is 12.9. The van der Waals surface area contributed by atoms with Crippen LogP contribution in [-0.2, 0) is 19.0 Å². The van der Waals surface area contributed by atoms with Crippen molar-refractivity contribution in [2.45, 2.75) is 63.9 Å².